The van der Waals surface area contributed by atoms with Gasteiger partial charge in [0.1, 0.15) is 6.04 Å². The van der Waals surface area contributed by atoms with Crippen LogP contribution in [-0.4, -0.2) is 24.1 Å². The summed E-state index contributed by atoms with van der Waals surface area (Å²) in [7, 11) is 1.47. The number of esters is 1. The summed E-state index contributed by atoms with van der Waals surface area (Å²) in [5, 5.41) is 4.80. The minimum Gasteiger partial charge on any atom is -0.468 e. The van der Waals surface area contributed by atoms with Crippen molar-refractivity contribution in [3.63, 3.8) is 0 Å². The van der Waals surface area contributed by atoms with Crippen LogP contribution in [0.15, 0.2) is 24.3 Å². The quantitative estimate of drug-likeness (QED) is 0.838. The fourth-order valence-electron chi connectivity index (χ4n) is 4.23. The highest BCUT2D eigenvalue weighted by molar-refractivity contribution is 5.87. The molecule has 2 aromatic rings. The van der Waals surface area contributed by atoms with Crippen LogP contribution >= 0.6 is 0 Å². The molecule has 1 aliphatic carbocycles. The number of ether oxygens (including phenoxy) is 1. The first kappa shape index (κ1) is 13.8. The third kappa shape index (κ3) is 2.13. The Labute approximate surface area is 130 Å². The van der Waals surface area contributed by atoms with Crippen LogP contribution in [0.3, 0.4) is 0 Å². The number of benzene rings is 1. The van der Waals surface area contributed by atoms with Crippen molar-refractivity contribution < 1.29 is 9.53 Å². The molecule has 2 N–H and O–H groups in total. The first-order valence-electron chi connectivity index (χ1n) is 8.21. The second-order valence-corrected chi connectivity index (χ2v) is 6.53. The Balaban J connectivity index is 1.80. The number of carbonyl (C=O) groups is 1. The zero-order valence-corrected chi connectivity index (χ0v) is 12.9. The summed E-state index contributed by atoms with van der Waals surface area (Å²) in [6, 6.07) is 8.39. The van der Waals surface area contributed by atoms with Gasteiger partial charge in [0.25, 0.3) is 0 Å². The second-order valence-electron chi connectivity index (χ2n) is 6.53. The highest BCUT2D eigenvalue weighted by Crippen LogP contribution is 2.41. The van der Waals surface area contributed by atoms with Crippen LogP contribution in [-0.2, 0) is 16.0 Å². The van der Waals surface area contributed by atoms with Crippen LogP contribution in [0.2, 0.25) is 0 Å². The largest absolute Gasteiger partial charge is 0.468 e. The molecular formula is C18H22N2O2. The predicted molar refractivity (Wildman–Crippen MR) is 85.6 cm³/mol. The molecule has 1 aromatic carbocycles. The molecule has 2 heterocycles. The minimum atomic E-state index is -0.234. The Bertz CT molecular complexity index is 700. The normalized spacial score (nSPS) is 25.3. The number of fused-ring (bicyclic) bond motifs is 3. The lowest BCUT2D eigenvalue weighted by molar-refractivity contribution is -0.143. The molecule has 1 fully saturated rings. The van der Waals surface area contributed by atoms with Crippen LogP contribution in [0.25, 0.3) is 10.9 Å². The van der Waals surface area contributed by atoms with Gasteiger partial charge in [0.15, 0.2) is 0 Å². The minimum absolute atomic E-state index is 0.154. The highest BCUT2D eigenvalue weighted by atomic mass is 16.5. The number of aromatic nitrogens is 1. The number of hydrogen-bond donors (Lipinski definition) is 2. The Kier molecular flexibility index (Phi) is 3.41. The topological polar surface area (TPSA) is 54.1 Å². The molecule has 116 valence electrons. The number of methoxy groups -OCH3 is 1. The van der Waals surface area contributed by atoms with Gasteiger partial charge >= 0.3 is 5.97 Å². The lowest BCUT2D eigenvalue weighted by Gasteiger charge is -2.33. The van der Waals surface area contributed by atoms with Crippen molar-refractivity contribution >= 4 is 16.9 Å². The Morgan fingerprint density at radius 2 is 2.00 bits per heavy atom. The molecular weight excluding hydrogens is 276 g/mol. The summed E-state index contributed by atoms with van der Waals surface area (Å²) in [6.07, 6.45) is 5.76. The number of H-pyrrole nitrogens is 1. The molecule has 22 heavy (non-hydrogen) atoms. The van der Waals surface area contributed by atoms with E-state index in [0.29, 0.717) is 12.3 Å². The van der Waals surface area contributed by atoms with Crippen LogP contribution in [0, 0.1) is 5.92 Å². The van der Waals surface area contributed by atoms with Gasteiger partial charge in [-0.05, 0) is 30.4 Å². The van der Waals surface area contributed by atoms with Crippen LogP contribution in [0.4, 0.5) is 0 Å². The van der Waals surface area contributed by atoms with Gasteiger partial charge in [-0.15, -0.1) is 0 Å². The first-order chi connectivity index (χ1) is 10.8. The van der Waals surface area contributed by atoms with Gasteiger partial charge in [0, 0.05) is 23.0 Å². The van der Waals surface area contributed by atoms with E-state index in [1.54, 1.807) is 0 Å². The van der Waals surface area contributed by atoms with E-state index >= 15 is 0 Å². The molecule has 0 saturated heterocycles. The molecule has 2 aliphatic rings. The molecule has 0 radical (unpaired) electrons. The van der Waals surface area contributed by atoms with Crippen LogP contribution < -0.4 is 5.32 Å². The smallest absolute Gasteiger partial charge is 0.323 e. The maximum absolute atomic E-state index is 12.1. The Hall–Kier alpha value is -1.81. The van der Waals surface area contributed by atoms with Crippen LogP contribution in [0.1, 0.15) is 43.0 Å². The summed E-state index contributed by atoms with van der Waals surface area (Å²) in [6.45, 7) is 0. The molecule has 4 heteroatoms. The molecule has 1 aliphatic heterocycles. The van der Waals surface area contributed by atoms with Gasteiger partial charge in [-0.2, -0.15) is 0 Å². The maximum atomic E-state index is 12.1. The van der Waals surface area contributed by atoms with Crippen molar-refractivity contribution in [1.29, 1.82) is 0 Å². The second kappa shape index (κ2) is 5.43. The number of carbonyl (C=O) groups excluding carboxylic acids is 1. The average Bonchev–Trinajstić information content (AvgIpc) is 3.20. The van der Waals surface area contributed by atoms with Gasteiger partial charge in [0.05, 0.1) is 13.2 Å². The molecule has 4 rings (SSSR count). The molecule has 0 spiro atoms. The fraction of sp³-hybridized carbons (Fsp3) is 0.500. The van der Waals surface area contributed by atoms with Gasteiger partial charge in [0.2, 0.25) is 0 Å². The monoisotopic (exact) mass is 298 g/mol. The van der Waals surface area contributed by atoms with Crippen molar-refractivity contribution in [3.8, 4) is 0 Å². The summed E-state index contributed by atoms with van der Waals surface area (Å²) in [5.41, 5.74) is 3.75. The molecule has 1 saturated carbocycles. The molecule has 2 atom stereocenters. The number of para-hydroxylation sites is 1. The summed E-state index contributed by atoms with van der Waals surface area (Å²) in [4.78, 5) is 15.7. The standard InChI is InChI=1S/C18H22N2O2/c1-22-18(21)15-10-13-12-8-4-5-9-14(12)19-17(13)16(20-15)11-6-2-3-7-11/h4-5,8-9,11,15-16,19-20H,2-3,6-7,10H2,1H3/t15-,16-/m0/s1. The molecule has 0 amide bonds. The van der Waals surface area contributed by atoms with E-state index < -0.39 is 0 Å². The van der Waals surface area contributed by atoms with Crippen molar-refractivity contribution in [3.05, 3.63) is 35.5 Å². The number of rotatable bonds is 2. The highest BCUT2D eigenvalue weighted by Gasteiger charge is 2.38. The number of hydrogen-bond acceptors (Lipinski definition) is 3. The molecule has 0 bridgehead atoms. The van der Waals surface area contributed by atoms with E-state index in [4.69, 9.17) is 4.74 Å². The first-order valence-corrected chi connectivity index (χ1v) is 8.21. The maximum Gasteiger partial charge on any atom is 0.323 e. The number of nitrogens with one attached hydrogen (secondary N) is 2. The predicted octanol–water partition coefficient (Wildman–Crippen LogP) is 3.09. The van der Waals surface area contributed by atoms with E-state index in [-0.39, 0.29) is 18.1 Å². The fourth-order valence-corrected chi connectivity index (χ4v) is 4.23. The van der Waals surface area contributed by atoms with E-state index in [1.165, 1.54) is 55.0 Å². The molecule has 1 aromatic heterocycles. The number of aromatic amines is 1. The van der Waals surface area contributed by atoms with Gasteiger partial charge in [-0.25, -0.2) is 0 Å². The third-order valence-corrected chi connectivity index (χ3v) is 5.30. The van der Waals surface area contributed by atoms with Crippen molar-refractivity contribution in [1.82, 2.24) is 10.3 Å². The van der Waals surface area contributed by atoms with E-state index in [9.17, 15) is 4.79 Å². The summed E-state index contributed by atoms with van der Waals surface area (Å²) >= 11 is 0. The van der Waals surface area contributed by atoms with Crippen molar-refractivity contribution in [2.45, 2.75) is 44.2 Å². The van der Waals surface area contributed by atoms with Gasteiger partial charge in [-0.3, -0.25) is 10.1 Å². The molecule has 4 nitrogen and oxygen atoms in total. The van der Waals surface area contributed by atoms with Crippen molar-refractivity contribution in [2.24, 2.45) is 5.92 Å². The lowest BCUT2D eigenvalue weighted by Crippen LogP contribution is -2.47. The summed E-state index contributed by atoms with van der Waals surface area (Å²) in [5.74, 6) is 0.457. The molecule has 0 unspecified atom stereocenters. The third-order valence-electron chi connectivity index (χ3n) is 5.30. The average molecular weight is 298 g/mol. The van der Waals surface area contributed by atoms with E-state index in [2.05, 4.69) is 34.6 Å². The summed E-state index contributed by atoms with van der Waals surface area (Å²) < 4.78 is 4.99. The van der Waals surface area contributed by atoms with Crippen molar-refractivity contribution in [2.75, 3.05) is 7.11 Å². The SMILES string of the molecule is COC(=O)[C@@H]1Cc2c([nH]c3ccccc23)[C@H](C2CCCC2)N1. The van der Waals surface area contributed by atoms with E-state index in [1.807, 2.05) is 0 Å². The zero-order valence-electron chi connectivity index (χ0n) is 12.9. The van der Waals surface area contributed by atoms with Gasteiger partial charge in [-0.1, -0.05) is 31.0 Å². The Morgan fingerprint density at radius 1 is 1.23 bits per heavy atom. The van der Waals surface area contributed by atoms with Crippen LogP contribution in [0.5, 0.6) is 0 Å². The zero-order chi connectivity index (χ0) is 15.1. The van der Waals surface area contributed by atoms with E-state index in [0.717, 1.165) is 0 Å². The van der Waals surface area contributed by atoms with Gasteiger partial charge < -0.3 is 9.72 Å². The Morgan fingerprint density at radius 3 is 2.77 bits per heavy atom. The lowest BCUT2D eigenvalue weighted by atomic mass is 9.86.